The summed E-state index contributed by atoms with van der Waals surface area (Å²) >= 11 is 11.9. The van der Waals surface area contributed by atoms with Gasteiger partial charge < -0.3 is 19.9 Å². The number of thiocarbonyl (C=S) groups is 1. The zero-order chi connectivity index (χ0) is 21.4. The Balaban J connectivity index is 1.86. The summed E-state index contributed by atoms with van der Waals surface area (Å²) in [6, 6.07) is 13.2. The number of phenolic OH excluding ortho intramolecular Hbond substituents is 1. The lowest BCUT2D eigenvalue weighted by atomic mass is 9.96. The Bertz CT molecular complexity index is 1080. The SMILES string of the molecule is CCCN1C(=S)N[C@H](c2ccccn2)[C@@H]1c1cc(C)n(-c2cc(Cl)ccc2O)c1C. The molecule has 30 heavy (non-hydrogen) atoms. The first-order valence-corrected chi connectivity index (χ1v) is 10.9. The molecule has 1 fully saturated rings. The van der Waals surface area contributed by atoms with Crippen molar-refractivity contribution in [3.63, 3.8) is 0 Å². The number of aryl methyl sites for hydroxylation is 1. The van der Waals surface area contributed by atoms with Crippen molar-refractivity contribution in [2.24, 2.45) is 0 Å². The summed E-state index contributed by atoms with van der Waals surface area (Å²) in [5.41, 5.74) is 4.86. The lowest BCUT2D eigenvalue weighted by Crippen LogP contribution is -2.30. The molecule has 0 amide bonds. The van der Waals surface area contributed by atoms with E-state index in [1.165, 1.54) is 0 Å². The number of halogens is 1. The van der Waals surface area contributed by atoms with Crippen LogP contribution in [0.5, 0.6) is 5.75 Å². The highest BCUT2D eigenvalue weighted by Gasteiger charge is 2.41. The second kappa shape index (κ2) is 8.28. The fraction of sp³-hybridized carbons (Fsp3) is 0.304. The highest BCUT2D eigenvalue weighted by Crippen LogP contribution is 2.42. The Morgan fingerprint density at radius 3 is 2.70 bits per heavy atom. The molecular weight excluding hydrogens is 416 g/mol. The van der Waals surface area contributed by atoms with E-state index < -0.39 is 0 Å². The molecule has 3 heterocycles. The normalized spacial score (nSPS) is 18.7. The molecule has 2 aromatic heterocycles. The molecule has 5 nitrogen and oxygen atoms in total. The number of aromatic nitrogens is 2. The zero-order valence-corrected chi connectivity index (χ0v) is 18.8. The summed E-state index contributed by atoms with van der Waals surface area (Å²) in [5, 5.41) is 15.3. The van der Waals surface area contributed by atoms with Gasteiger partial charge in [-0.1, -0.05) is 24.6 Å². The van der Waals surface area contributed by atoms with Gasteiger partial charge in [-0.05, 0) is 74.4 Å². The standard InChI is InChI=1S/C23H25ClN4OS/c1-4-11-27-22(21(26-23(27)30)18-7-5-6-10-25-18)17-12-14(2)28(15(17)3)19-13-16(24)8-9-20(19)29/h5-10,12-13,21-22,29H,4,11H2,1-3H3,(H,26,30)/t21-,22+/m1/s1. The van der Waals surface area contributed by atoms with Crippen LogP contribution in [-0.2, 0) is 0 Å². The van der Waals surface area contributed by atoms with E-state index in [-0.39, 0.29) is 17.8 Å². The third kappa shape index (κ3) is 3.55. The van der Waals surface area contributed by atoms with Crippen molar-refractivity contribution in [1.29, 1.82) is 0 Å². The van der Waals surface area contributed by atoms with Gasteiger partial charge in [0.1, 0.15) is 5.75 Å². The van der Waals surface area contributed by atoms with Gasteiger partial charge in [-0.15, -0.1) is 0 Å². The van der Waals surface area contributed by atoms with Crippen LogP contribution in [0.4, 0.5) is 0 Å². The molecule has 0 bridgehead atoms. The third-order valence-corrected chi connectivity index (χ3v) is 6.22. The van der Waals surface area contributed by atoms with Gasteiger partial charge in [0.15, 0.2) is 5.11 Å². The van der Waals surface area contributed by atoms with E-state index in [4.69, 9.17) is 23.8 Å². The number of benzene rings is 1. The van der Waals surface area contributed by atoms with Crippen LogP contribution in [0, 0.1) is 13.8 Å². The van der Waals surface area contributed by atoms with Gasteiger partial charge >= 0.3 is 0 Å². The van der Waals surface area contributed by atoms with Crippen LogP contribution in [0.15, 0.2) is 48.7 Å². The van der Waals surface area contributed by atoms with Crippen LogP contribution in [0.25, 0.3) is 5.69 Å². The third-order valence-electron chi connectivity index (χ3n) is 5.63. The van der Waals surface area contributed by atoms with Crippen LogP contribution < -0.4 is 5.32 Å². The number of rotatable bonds is 5. The number of hydrogen-bond donors (Lipinski definition) is 2. The molecule has 2 N–H and O–H groups in total. The van der Waals surface area contributed by atoms with E-state index in [9.17, 15) is 5.11 Å². The summed E-state index contributed by atoms with van der Waals surface area (Å²) in [5.74, 6) is 0.194. The fourth-order valence-corrected chi connectivity index (χ4v) is 4.86. The maximum absolute atomic E-state index is 10.5. The van der Waals surface area contributed by atoms with E-state index in [0.29, 0.717) is 10.7 Å². The summed E-state index contributed by atoms with van der Waals surface area (Å²) in [7, 11) is 0. The van der Waals surface area contributed by atoms with E-state index in [1.807, 2.05) is 31.3 Å². The van der Waals surface area contributed by atoms with Gasteiger partial charge in [0.05, 0.1) is 23.5 Å². The van der Waals surface area contributed by atoms with E-state index in [2.05, 4.69) is 39.7 Å². The summed E-state index contributed by atoms with van der Waals surface area (Å²) in [6.45, 7) is 7.12. The number of phenols is 1. The zero-order valence-electron chi connectivity index (χ0n) is 17.3. The molecule has 1 aliphatic rings. The minimum atomic E-state index is -0.0489. The molecule has 1 aromatic carbocycles. The average Bonchev–Trinajstić information content (AvgIpc) is 3.21. The number of hydrogen-bond acceptors (Lipinski definition) is 3. The Hall–Kier alpha value is -2.57. The van der Waals surface area contributed by atoms with E-state index in [1.54, 1.807) is 18.2 Å². The van der Waals surface area contributed by atoms with Gasteiger partial charge in [-0.25, -0.2) is 0 Å². The van der Waals surface area contributed by atoms with Crippen molar-refractivity contribution in [3.05, 3.63) is 76.3 Å². The first-order valence-electron chi connectivity index (χ1n) is 10.1. The average molecular weight is 441 g/mol. The number of pyridine rings is 1. The van der Waals surface area contributed by atoms with Crippen LogP contribution in [0.2, 0.25) is 5.02 Å². The Kier molecular flexibility index (Phi) is 5.71. The Morgan fingerprint density at radius 2 is 2.00 bits per heavy atom. The Morgan fingerprint density at radius 1 is 1.20 bits per heavy atom. The van der Waals surface area contributed by atoms with Crippen molar-refractivity contribution in [3.8, 4) is 11.4 Å². The summed E-state index contributed by atoms with van der Waals surface area (Å²) in [4.78, 5) is 6.84. The van der Waals surface area contributed by atoms with Crippen LogP contribution >= 0.6 is 23.8 Å². The second-order valence-corrected chi connectivity index (χ2v) is 8.44. The molecule has 0 aliphatic carbocycles. The predicted octanol–water partition coefficient (Wildman–Crippen LogP) is 5.23. The molecular formula is C23H25ClN4OS. The lowest BCUT2D eigenvalue weighted by molar-refractivity contribution is 0.316. The van der Waals surface area contributed by atoms with E-state index in [0.717, 1.165) is 40.7 Å². The van der Waals surface area contributed by atoms with Gasteiger partial charge in [0.2, 0.25) is 0 Å². The molecule has 3 aromatic rings. The maximum atomic E-state index is 10.5. The number of nitrogens with zero attached hydrogens (tertiary/aromatic N) is 3. The minimum Gasteiger partial charge on any atom is -0.506 e. The van der Waals surface area contributed by atoms with Crippen molar-refractivity contribution < 1.29 is 5.11 Å². The topological polar surface area (TPSA) is 53.3 Å². The van der Waals surface area contributed by atoms with Crippen molar-refractivity contribution in [2.45, 2.75) is 39.3 Å². The number of nitrogens with one attached hydrogen (secondary N) is 1. The molecule has 1 saturated heterocycles. The number of aromatic hydroxyl groups is 1. The van der Waals surface area contributed by atoms with Gasteiger partial charge in [-0.3, -0.25) is 4.98 Å². The van der Waals surface area contributed by atoms with Crippen LogP contribution in [0.1, 0.15) is 48.1 Å². The van der Waals surface area contributed by atoms with Crippen LogP contribution in [0.3, 0.4) is 0 Å². The lowest BCUT2D eigenvalue weighted by Gasteiger charge is -2.27. The maximum Gasteiger partial charge on any atom is 0.170 e. The largest absolute Gasteiger partial charge is 0.506 e. The van der Waals surface area contributed by atoms with Crippen molar-refractivity contribution >= 4 is 28.9 Å². The van der Waals surface area contributed by atoms with Gasteiger partial charge in [-0.2, -0.15) is 0 Å². The Labute approximate surface area is 187 Å². The molecule has 0 spiro atoms. The summed E-state index contributed by atoms with van der Waals surface area (Å²) in [6.07, 6.45) is 2.80. The molecule has 0 unspecified atom stereocenters. The molecule has 156 valence electrons. The quantitative estimate of drug-likeness (QED) is 0.532. The van der Waals surface area contributed by atoms with Crippen molar-refractivity contribution in [1.82, 2.24) is 19.8 Å². The second-order valence-electron chi connectivity index (χ2n) is 7.61. The summed E-state index contributed by atoms with van der Waals surface area (Å²) < 4.78 is 2.05. The van der Waals surface area contributed by atoms with Crippen LogP contribution in [-0.4, -0.2) is 31.2 Å². The molecule has 4 rings (SSSR count). The highest BCUT2D eigenvalue weighted by molar-refractivity contribution is 7.80. The predicted molar refractivity (Wildman–Crippen MR) is 124 cm³/mol. The highest BCUT2D eigenvalue weighted by atomic mass is 35.5. The molecule has 2 atom stereocenters. The molecule has 0 radical (unpaired) electrons. The first-order chi connectivity index (χ1) is 14.4. The fourth-order valence-electron chi connectivity index (χ4n) is 4.36. The molecule has 1 aliphatic heterocycles. The molecule has 0 saturated carbocycles. The van der Waals surface area contributed by atoms with Crippen molar-refractivity contribution in [2.75, 3.05) is 6.54 Å². The van der Waals surface area contributed by atoms with Gasteiger partial charge in [0.25, 0.3) is 0 Å². The van der Waals surface area contributed by atoms with Gasteiger partial charge in [0, 0.05) is 29.2 Å². The molecule has 7 heteroatoms. The minimum absolute atomic E-state index is 0.00799. The monoisotopic (exact) mass is 440 g/mol. The smallest absolute Gasteiger partial charge is 0.170 e. The van der Waals surface area contributed by atoms with E-state index >= 15 is 0 Å². The first kappa shape index (κ1) is 20.7.